The van der Waals surface area contributed by atoms with Crippen molar-refractivity contribution in [1.29, 1.82) is 0 Å². The minimum absolute atomic E-state index is 0.0522. The van der Waals surface area contributed by atoms with Gasteiger partial charge in [0.05, 0.1) is 18.2 Å². The van der Waals surface area contributed by atoms with E-state index < -0.39 is 0 Å². The van der Waals surface area contributed by atoms with Crippen molar-refractivity contribution in [2.24, 2.45) is 0 Å². The molecule has 0 saturated heterocycles. The van der Waals surface area contributed by atoms with E-state index in [4.69, 9.17) is 27.9 Å². The van der Waals surface area contributed by atoms with Gasteiger partial charge in [0, 0.05) is 29.9 Å². The maximum atomic E-state index is 11.9. The molecule has 1 aromatic carbocycles. The molecule has 0 bridgehead atoms. The SMILES string of the molecule is COCCNC(=O)c1ccc(N[C@@H](C)c2ccc(Cl)cc2Cl)nc1. The van der Waals surface area contributed by atoms with Crippen LogP contribution in [0, 0.1) is 0 Å². The predicted molar refractivity (Wildman–Crippen MR) is 96.9 cm³/mol. The number of carbonyl (C=O) groups is 1. The maximum Gasteiger partial charge on any atom is 0.252 e. The summed E-state index contributed by atoms with van der Waals surface area (Å²) in [7, 11) is 1.59. The molecule has 0 saturated carbocycles. The maximum absolute atomic E-state index is 11.9. The Balaban J connectivity index is 1.99. The van der Waals surface area contributed by atoms with Crippen molar-refractivity contribution in [2.75, 3.05) is 25.6 Å². The summed E-state index contributed by atoms with van der Waals surface area (Å²) in [6.07, 6.45) is 1.53. The highest BCUT2D eigenvalue weighted by molar-refractivity contribution is 6.35. The molecule has 0 aliphatic rings. The lowest BCUT2D eigenvalue weighted by molar-refractivity contribution is 0.0937. The molecule has 2 N–H and O–H groups in total. The second kappa shape index (κ2) is 8.87. The summed E-state index contributed by atoms with van der Waals surface area (Å²) in [5, 5.41) is 7.18. The molecule has 0 fully saturated rings. The molecule has 0 aliphatic heterocycles. The minimum atomic E-state index is -0.181. The number of anilines is 1. The van der Waals surface area contributed by atoms with Crippen LogP contribution in [0.4, 0.5) is 5.82 Å². The first-order valence-electron chi connectivity index (χ1n) is 7.46. The third-order valence-corrected chi connectivity index (χ3v) is 3.97. The number of methoxy groups -OCH3 is 1. The van der Waals surface area contributed by atoms with E-state index in [1.54, 1.807) is 31.4 Å². The lowest BCUT2D eigenvalue weighted by Gasteiger charge is -2.16. The molecule has 2 aromatic rings. The second-order valence-corrected chi connectivity index (χ2v) is 6.06. The van der Waals surface area contributed by atoms with Crippen molar-refractivity contribution in [3.05, 3.63) is 57.7 Å². The normalized spacial score (nSPS) is 11.8. The summed E-state index contributed by atoms with van der Waals surface area (Å²) in [6, 6.07) is 8.79. The van der Waals surface area contributed by atoms with Crippen LogP contribution < -0.4 is 10.6 Å². The van der Waals surface area contributed by atoms with Gasteiger partial charge in [-0.15, -0.1) is 0 Å². The molecule has 128 valence electrons. The Kier molecular flexibility index (Phi) is 6.85. The molecule has 1 atom stereocenters. The Bertz CT molecular complexity index is 693. The summed E-state index contributed by atoms with van der Waals surface area (Å²) in [4.78, 5) is 16.2. The molecule has 1 amide bonds. The number of amides is 1. The fourth-order valence-corrected chi connectivity index (χ4v) is 2.71. The standard InChI is InChI=1S/C17H19Cl2N3O2/c1-11(14-5-4-13(18)9-15(14)19)22-16-6-3-12(10-21-16)17(23)20-7-8-24-2/h3-6,9-11H,7-8H2,1-2H3,(H,20,23)(H,21,22)/t11-/m0/s1. The molecule has 0 aliphatic carbocycles. The summed E-state index contributed by atoms with van der Waals surface area (Å²) in [6.45, 7) is 2.90. The fraction of sp³-hybridized carbons (Fsp3) is 0.294. The van der Waals surface area contributed by atoms with E-state index >= 15 is 0 Å². The van der Waals surface area contributed by atoms with E-state index in [9.17, 15) is 4.79 Å². The van der Waals surface area contributed by atoms with Crippen molar-refractivity contribution >= 4 is 34.9 Å². The smallest absolute Gasteiger partial charge is 0.252 e. The van der Waals surface area contributed by atoms with E-state index in [1.165, 1.54) is 6.20 Å². The van der Waals surface area contributed by atoms with Gasteiger partial charge in [-0.2, -0.15) is 0 Å². The third-order valence-electron chi connectivity index (χ3n) is 3.41. The van der Waals surface area contributed by atoms with E-state index in [0.717, 1.165) is 5.56 Å². The van der Waals surface area contributed by atoms with Crippen LogP contribution in [0.3, 0.4) is 0 Å². The van der Waals surface area contributed by atoms with E-state index in [2.05, 4.69) is 15.6 Å². The van der Waals surface area contributed by atoms with Crippen LogP contribution in [0.25, 0.3) is 0 Å². The van der Waals surface area contributed by atoms with Crippen LogP contribution in [0.2, 0.25) is 10.0 Å². The zero-order valence-corrected chi connectivity index (χ0v) is 15.0. The average Bonchev–Trinajstić information content (AvgIpc) is 2.55. The van der Waals surface area contributed by atoms with Gasteiger partial charge < -0.3 is 15.4 Å². The summed E-state index contributed by atoms with van der Waals surface area (Å²) >= 11 is 12.1. The minimum Gasteiger partial charge on any atom is -0.383 e. The number of hydrogen-bond donors (Lipinski definition) is 2. The average molecular weight is 368 g/mol. The second-order valence-electron chi connectivity index (χ2n) is 5.21. The van der Waals surface area contributed by atoms with Crippen LogP contribution in [0.5, 0.6) is 0 Å². The van der Waals surface area contributed by atoms with Gasteiger partial charge in [0.2, 0.25) is 0 Å². The van der Waals surface area contributed by atoms with Gasteiger partial charge in [0.15, 0.2) is 0 Å². The molecule has 24 heavy (non-hydrogen) atoms. The number of aromatic nitrogens is 1. The summed E-state index contributed by atoms with van der Waals surface area (Å²) in [5.41, 5.74) is 1.41. The molecule has 7 heteroatoms. The molecule has 1 heterocycles. The molecule has 0 radical (unpaired) electrons. The highest BCUT2D eigenvalue weighted by Crippen LogP contribution is 2.28. The summed E-state index contributed by atoms with van der Waals surface area (Å²) < 4.78 is 4.89. The first-order valence-corrected chi connectivity index (χ1v) is 8.21. The number of hydrogen-bond acceptors (Lipinski definition) is 4. The van der Waals surface area contributed by atoms with Crippen LogP contribution >= 0.6 is 23.2 Å². The first-order chi connectivity index (χ1) is 11.5. The lowest BCUT2D eigenvalue weighted by Crippen LogP contribution is -2.27. The Morgan fingerprint density at radius 2 is 2.08 bits per heavy atom. The van der Waals surface area contributed by atoms with Gasteiger partial charge in [-0.25, -0.2) is 4.98 Å². The largest absolute Gasteiger partial charge is 0.383 e. The van der Waals surface area contributed by atoms with Crippen LogP contribution in [-0.2, 0) is 4.74 Å². The molecule has 0 spiro atoms. The van der Waals surface area contributed by atoms with Crippen molar-refractivity contribution in [2.45, 2.75) is 13.0 Å². The van der Waals surface area contributed by atoms with Gasteiger partial charge in [0.1, 0.15) is 5.82 Å². The van der Waals surface area contributed by atoms with Gasteiger partial charge in [-0.05, 0) is 36.8 Å². The Hall–Kier alpha value is -1.82. The third kappa shape index (κ3) is 5.09. The Labute approximate surface area is 151 Å². The van der Waals surface area contributed by atoms with E-state index in [0.29, 0.717) is 34.6 Å². The topological polar surface area (TPSA) is 63.2 Å². The number of halogens is 2. The Morgan fingerprint density at radius 1 is 1.29 bits per heavy atom. The van der Waals surface area contributed by atoms with Crippen molar-refractivity contribution < 1.29 is 9.53 Å². The number of rotatable bonds is 7. The quantitative estimate of drug-likeness (QED) is 0.727. The highest BCUT2D eigenvalue weighted by atomic mass is 35.5. The van der Waals surface area contributed by atoms with Gasteiger partial charge in [0.25, 0.3) is 5.91 Å². The van der Waals surface area contributed by atoms with Gasteiger partial charge in [-0.3, -0.25) is 4.79 Å². The molecule has 0 unspecified atom stereocenters. The lowest BCUT2D eigenvalue weighted by atomic mass is 10.1. The number of nitrogens with one attached hydrogen (secondary N) is 2. The molecular weight excluding hydrogens is 349 g/mol. The highest BCUT2D eigenvalue weighted by Gasteiger charge is 2.11. The number of carbonyl (C=O) groups excluding carboxylic acids is 1. The number of benzene rings is 1. The number of pyridine rings is 1. The van der Waals surface area contributed by atoms with Crippen LogP contribution in [0.1, 0.15) is 28.9 Å². The summed E-state index contributed by atoms with van der Waals surface area (Å²) in [5.74, 6) is 0.474. The molecule has 1 aromatic heterocycles. The van der Waals surface area contributed by atoms with Crippen molar-refractivity contribution in [1.82, 2.24) is 10.3 Å². The zero-order chi connectivity index (χ0) is 17.5. The van der Waals surface area contributed by atoms with Crippen LogP contribution in [-0.4, -0.2) is 31.2 Å². The molecule has 2 rings (SSSR count). The predicted octanol–water partition coefficient (Wildman–Crippen LogP) is 3.94. The first kappa shape index (κ1) is 18.5. The molecular formula is C17H19Cl2N3O2. The molecule has 5 nitrogen and oxygen atoms in total. The number of nitrogens with zero attached hydrogens (tertiary/aromatic N) is 1. The van der Waals surface area contributed by atoms with Crippen molar-refractivity contribution in [3.8, 4) is 0 Å². The van der Waals surface area contributed by atoms with E-state index in [1.807, 2.05) is 13.0 Å². The zero-order valence-electron chi connectivity index (χ0n) is 13.5. The number of ether oxygens (including phenoxy) is 1. The Morgan fingerprint density at radius 3 is 2.71 bits per heavy atom. The fourth-order valence-electron chi connectivity index (χ4n) is 2.13. The van der Waals surface area contributed by atoms with Gasteiger partial charge in [-0.1, -0.05) is 29.3 Å². The van der Waals surface area contributed by atoms with Crippen molar-refractivity contribution in [3.63, 3.8) is 0 Å². The van der Waals surface area contributed by atoms with Gasteiger partial charge >= 0.3 is 0 Å². The monoisotopic (exact) mass is 367 g/mol. The van der Waals surface area contributed by atoms with Crippen LogP contribution in [0.15, 0.2) is 36.5 Å². The van der Waals surface area contributed by atoms with E-state index in [-0.39, 0.29) is 11.9 Å².